The third-order valence-corrected chi connectivity index (χ3v) is 2.95. The standard InChI is InChI=1S/2C6H8O6.H3P/c2*7-1-2(8)5-3(9)4(10)6(11)12-5;/h2*2,5,7-10H,1H2;1H3/t2*2-,5+;/m00./s1. The lowest BCUT2D eigenvalue weighted by molar-refractivity contribution is -0.148. The number of esters is 2. The fourth-order valence-electron chi connectivity index (χ4n) is 1.65. The van der Waals surface area contributed by atoms with Crippen LogP contribution in [0.5, 0.6) is 0 Å². The third-order valence-electron chi connectivity index (χ3n) is 2.95. The lowest BCUT2D eigenvalue weighted by atomic mass is 10.2. The van der Waals surface area contributed by atoms with Gasteiger partial charge in [0.15, 0.2) is 23.7 Å². The molecule has 0 aromatic rings. The van der Waals surface area contributed by atoms with Gasteiger partial charge >= 0.3 is 11.9 Å². The van der Waals surface area contributed by atoms with Crippen molar-refractivity contribution in [3.05, 3.63) is 23.0 Å². The van der Waals surface area contributed by atoms with Gasteiger partial charge in [0.1, 0.15) is 12.2 Å². The van der Waals surface area contributed by atoms with E-state index in [1.807, 2.05) is 0 Å². The fourth-order valence-corrected chi connectivity index (χ4v) is 1.65. The molecule has 2 heterocycles. The average molecular weight is 386 g/mol. The zero-order valence-electron chi connectivity index (χ0n) is 12.6. The third kappa shape index (κ3) is 4.94. The number of aliphatic hydroxyl groups excluding tert-OH is 8. The number of cyclic esters (lactones) is 2. The van der Waals surface area contributed by atoms with Crippen molar-refractivity contribution >= 4 is 21.8 Å². The number of carbonyl (C=O) groups is 2. The van der Waals surface area contributed by atoms with Gasteiger partial charge in [-0.05, 0) is 0 Å². The number of ether oxygens (including phenoxy) is 2. The number of hydrogen-bond donors (Lipinski definition) is 8. The summed E-state index contributed by atoms with van der Waals surface area (Å²) in [4.78, 5) is 21.1. The highest BCUT2D eigenvalue weighted by atomic mass is 31.0. The van der Waals surface area contributed by atoms with Crippen LogP contribution in [0.1, 0.15) is 0 Å². The molecule has 25 heavy (non-hydrogen) atoms. The predicted molar refractivity (Wildman–Crippen MR) is 81.6 cm³/mol. The highest BCUT2D eigenvalue weighted by Gasteiger charge is 2.39. The molecule has 0 fully saturated rings. The van der Waals surface area contributed by atoms with Gasteiger partial charge in [0.2, 0.25) is 11.5 Å². The molecule has 2 aliphatic rings. The maximum atomic E-state index is 10.5. The van der Waals surface area contributed by atoms with Crippen LogP contribution in [-0.4, -0.2) is 90.4 Å². The molecule has 8 N–H and O–H groups in total. The molecular formula is C12H19O12P. The van der Waals surface area contributed by atoms with Gasteiger partial charge in [0.05, 0.1) is 13.2 Å². The van der Waals surface area contributed by atoms with E-state index in [2.05, 4.69) is 9.47 Å². The maximum Gasteiger partial charge on any atom is 0.377 e. The van der Waals surface area contributed by atoms with Crippen molar-refractivity contribution in [2.24, 2.45) is 0 Å². The second kappa shape index (κ2) is 9.39. The van der Waals surface area contributed by atoms with Crippen LogP contribution >= 0.6 is 9.90 Å². The van der Waals surface area contributed by atoms with E-state index in [1.165, 1.54) is 0 Å². The zero-order valence-corrected chi connectivity index (χ0v) is 14.1. The Balaban J connectivity index is 0.000000443. The Morgan fingerprint density at radius 2 is 1.04 bits per heavy atom. The van der Waals surface area contributed by atoms with Crippen molar-refractivity contribution in [1.82, 2.24) is 0 Å². The summed E-state index contributed by atoms with van der Waals surface area (Å²) < 4.78 is 8.63. The summed E-state index contributed by atoms with van der Waals surface area (Å²) in [7, 11) is 0. The largest absolute Gasteiger partial charge is 0.505 e. The van der Waals surface area contributed by atoms with Crippen LogP contribution in [-0.2, 0) is 19.1 Å². The first-order valence-electron chi connectivity index (χ1n) is 6.39. The molecule has 0 saturated carbocycles. The molecule has 0 amide bonds. The normalized spacial score (nSPS) is 24.8. The highest BCUT2D eigenvalue weighted by Crippen LogP contribution is 2.21. The summed E-state index contributed by atoms with van der Waals surface area (Å²) in [6.45, 7) is -1.34. The summed E-state index contributed by atoms with van der Waals surface area (Å²) in [5.74, 6) is -5.56. The molecule has 0 aromatic heterocycles. The predicted octanol–water partition coefficient (Wildman–Crippen LogP) is -2.76. The minimum atomic E-state index is -1.42. The molecule has 0 bridgehead atoms. The first kappa shape index (κ1) is 22.9. The first-order valence-corrected chi connectivity index (χ1v) is 6.39. The maximum absolute atomic E-state index is 10.5. The van der Waals surface area contributed by atoms with E-state index in [0.29, 0.717) is 0 Å². The van der Waals surface area contributed by atoms with Gasteiger partial charge in [0.25, 0.3) is 0 Å². The topological polar surface area (TPSA) is 214 Å². The molecule has 2 rings (SSSR count). The van der Waals surface area contributed by atoms with Crippen LogP contribution in [0.15, 0.2) is 23.0 Å². The number of rotatable bonds is 4. The monoisotopic (exact) mass is 386 g/mol. The van der Waals surface area contributed by atoms with Gasteiger partial charge in [-0.25, -0.2) is 9.59 Å². The summed E-state index contributed by atoms with van der Waals surface area (Å²) >= 11 is 0. The molecule has 0 saturated heterocycles. The lowest BCUT2D eigenvalue weighted by Crippen LogP contribution is -2.31. The number of aliphatic hydroxyl groups is 8. The van der Waals surface area contributed by atoms with E-state index in [1.54, 1.807) is 0 Å². The van der Waals surface area contributed by atoms with E-state index in [9.17, 15) is 9.59 Å². The van der Waals surface area contributed by atoms with Crippen LogP contribution in [0.3, 0.4) is 0 Å². The molecule has 0 radical (unpaired) electrons. The minimum absolute atomic E-state index is 0. The number of carbonyl (C=O) groups excluding carboxylic acids is 2. The first-order chi connectivity index (χ1) is 11.1. The smallest absolute Gasteiger partial charge is 0.377 e. The summed E-state index contributed by atoms with van der Waals surface area (Å²) in [5, 5.41) is 70.1. The highest BCUT2D eigenvalue weighted by molar-refractivity contribution is 6.92. The van der Waals surface area contributed by atoms with Gasteiger partial charge in [-0.3, -0.25) is 0 Å². The fraction of sp³-hybridized carbons (Fsp3) is 0.500. The minimum Gasteiger partial charge on any atom is -0.505 e. The van der Waals surface area contributed by atoms with Crippen LogP contribution in [0, 0.1) is 0 Å². The molecule has 13 heteroatoms. The zero-order chi connectivity index (χ0) is 18.6. The molecule has 12 nitrogen and oxygen atoms in total. The second-order valence-electron chi connectivity index (χ2n) is 4.62. The summed E-state index contributed by atoms with van der Waals surface area (Å²) in [6.07, 6.45) is -5.55. The van der Waals surface area contributed by atoms with E-state index in [-0.39, 0.29) is 9.90 Å². The van der Waals surface area contributed by atoms with Crippen LogP contribution in [0.2, 0.25) is 0 Å². The van der Waals surface area contributed by atoms with Gasteiger partial charge in [-0.15, -0.1) is 0 Å². The molecule has 1 unspecified atom stereocenters. The summed E-state index contributed by atoms with van der Waals surface area (Å²) in [5.41, 5.74) is 0. The molecule has 144 valence electrons. The SMILES string of the molecule is O=C1O[C@H]([C@@H](O)CO)C(O)=C1O.O=C1O[C@H]([C@@H](O)CO)C(O)=C1O.P. The Labute approximate surface area is 143 Å². The van der Waals surface area contributed by atoms with Crippen molar-refractivity contribution in [3.8, 4) is 0 Å². The quantitative estimate of drug-likeness (QED) is 0.182. The number of hydrogen-bond acceptors (Lipinski definition) is 12. The van der Waals surface area contributed by atoms with Crippen LogP contribution in [0.25, 0.3) is 0 Å². The van der Waals surface area contributed by atoms with Crippen molar-refractivity contribution < 1.29 is 59.9 Å². The Morgan fingerprint density at radius 3 is 1.20 bits per heavy atom. The van der Waals surface area contributed by atoms with Gasteiger partial charge in [0, 0.05) is 0 Å². The van der Waals surface area contributed by atoms with E-state index in [0.717, 1.165) is 0 Å². The van der Waals surface area contributed by atoms with Crippen molar-refractivity contribution in [2.45, 2.75) is 24.4 Å². The summed E-state index contributed by atoms with van der Waals surface area (Å²) in [6, 6.07) is 0. The molecule has 5 atom stereocenters. The Hall–Kier alpha value is -2.11. The Kier molecular flexibility index (Phi) is 8.60. The van der Waals surface area contributed by atoms with E-state index < -0.39 is 72.6 Å². The lowest BCUT2D eigenvalue weighted by Gasteiger charge is -2.13. The van der Waals surface area contributed by atoms with Gasteiger partial charge in [-0.2, -0.15) is 9.90 Å². The van der Waals surface area contributed by atoms with Crippen molar-refractivity contribution in [2.75, 3.05) is 13.2 Å². The molecule has 2 aliphatic heterocycles. The van der Waals surface area contributed by atoms with E-state index >= 15 is 0 Å². The van der Waals surface area contributed by atoms with Gasteiger partial charge in [-0.1, -0.05) is 0 Å². The molecule has 0 aliphatic carbocycles. The van der Waals surface area contributed by atoms with E-state index in [4.69, 9.17) is 40.9 Å². The van der Waals surface area contributed by atoms with Crippen LogP contribution in [0.4, 0.5) is 0 Å². The second-order valence-corrected chi connectivity index (χ2v) is 4.62. The van der Waals surface area contributed by atoms with Gasteiger partial charge < -0.3 is 50.3 Å². The molecular weight excluding hydrogens is 367 g/mol. The van der Waals surface area contributed by atoms with Crippen LogP contribution < -0.4 is 0 Å². The molecule has 0 spiro atoms. The Morgan fingerprint density at radius 1 is 0.760 bits per heavy atom. The van der Waals surface area contributed by atoms with Crippen molar-refractivity contribution in [1.29, 1.82) is 0 Å². The average Bonchev–Trinajstić information content (AvgIpc) is 2.98. The van der Waals surface area contributed by atoms with Crippen molar-refractivity contribution in [3.63, 3.8) is 0 Å². The molecule has 0 aromatic carbocycles. The Bertz CT molecular complexity index is 520.